The van der Waals surface area contributed by atoms with Crippen LogP contribution >= 0.6 is 0 Å². The highest BCUT2D eigenvalue weighted by Gasteiger charge is 2.38. The van der Waals surface area contributed by atoms with E-state index in [9.17, 15) is 14.3 Å². The van der Waals surface area contributed by atoms with Gasteiger partial charge in [-0.25, -0.2) is 4.39 Å². The molecule has 1 atom stereocenters. The molecule has 0 unspecified atom stereocenters. The Hall–Kier alpha value is -2.40. The normalized spacial score (nSPS) is 15.2. The minimum absolute atomic E-state index is 0.110. The van der Waals surface area contributed by atoms with Gasteiger partial charge in [-0.15, -0.1) is 0 Å². The van der Waals surface area contributed by atoms with E-state index in [2.05, 4.69) is 0 Å². The zero-order chi connectivity index (χ0) is 18.0. The predicted molar refractivity (Wildman–Crippen MR) is 94.5 cm³/mol. The van der Waals surface area contributed by atoms with Gasteiger partial charge in [0, 0.05) is 18.2 Å². The molecule has 132 valence electrons. The van der Waals surface area contributed by atoms with Gasteiger partial charge in [0.2, 0.25) is 5.91 Å². The van der Waals surface area contributed by atoms with E-state index < -0.39 is 6.04 Å². The van der Waals surface area contributed by atoms with Crippen LogP contribution in [0.3, 0.4) is 0 Å². The molecule has 5 heteroatoms. The number of nitrogens with zero attached hydrogens (tertiary/aromatic N) is 2. The van der Waals surface area contributed by atoms with Crippen molar-refractivity contribution in [1.82, 2.24) is 9.80 Å². The second-order valence-electron chi connectivity index (χ2n) is 6.75. The van der Waals surface area contributed by atoms with Gasteiger partial charge in [0.15, 0.2) is 0 Å². The van der Waals surface area contributed by atoms with Crippen LogP contribution in [0.2, 0.25) is 0 Å². The SMILES string of the molecule is CN(C)[C@@H](C(=O)N(Cc1cccc(O)c1)C1CC1)c1ccccc1F. The second kappa shape index (κ2) is 7.23. The highest BCUT2D eigenvalue weighted by Crippen LogP contribution is 2.33. The maximum atomic E-state index is 14.3. The molecule has 0 aromatic heterocycles. The molecule has 1 N–H and O–H groups in total. The summed E-state index contributed by atoms with van der Waals surface area (Å²) in [5.74, 6) is -0.303. The number of hydrogen-bond donors (Lipinski definition) is 1. The summed E-state index contributed by atoms with van der Waals surface area (Å²) in [6, 6.07) is 12.9. The van der Waals surface area contributed by atoms with Gasteiger partial charge >= 0.3 is 0 Å². The Labute approximate surface area is 147 Å². The Morgan fingerprint density at radius 2 is 1.92 bits per heavy atom. The number of likely N-dealkylation sites (N-methyl/N-ethyl adjacent to an activating group) is 1. The Balaban J connectivity index is 1.89. The summed E-state index contributed by atoms with van der Waals surface area (Å²) in [7, 11) is 3.57. The van der Waals surface area contributed by atoms with Crippen molar-refractivity contribution >= 4 is 5.91 Å². The number of phenols is 1. The Kier molecular flexibility index (Phi) is 5.04. The lowest BCUT2D eigenvalue weighted by atomic mass is 10.0. The molecule has 2 aromatic carbocycles. The van der Waals surface area contributed by atoms with Crippen molar-refractivity contribution in [2.75, 3.05) is 14.1 Å². The molecule has 1 saturated carbocycles. The van der Waals surface area contributed by atoms with Crippen molar-refractivity contribution in [2.24, 2.45) is 0 Å². The van der Waals surface area contributed by atoms with Crippen LogP contribution in [0, 0.1) is 5.82 Å². The van der Waals surface area contributed by atoms with Gasteiger partial charge < -0.3 is 10.0 Å². The van der Waals surface area contributed by atoms with Crippen LogP contribution < -0.4 is 0 Å². The van der Waals surface area contributed by atoms with Gasteiger partial charge in [-0.05, 0) is 50.7 Å². The lowest BCUT2D eigenvalue weighted by molar-refractivity contribution is -0.137. The van der Waals surface area contributed by atoms with Crippen molar-refractivity contribution in [3.8, 4) is 5.75 Å². The van der Waals surface area contributed by atoms with E-state index in [4.69, 9.17) is 0 Å². The van der Waals surface area contributed by atoms with Gasteiger partial charge in [0.1, 0.15) is 17.6 Å². The van der Waals surface area contributed by atoms with Crippen LogP contribution in [0.5, 0.6) is 5.75 Å². The molecule has 0 radical (unpaired) electrons. The fraction of sp³-hybridized carbons (Fsp3) is 0.350. The molecule has 0 saturated heterocycles. The number of rotatable bonds is 6. The summed E-state index contributed by atoms with van der Waals surface area (Å²) >= 11 is 0. The van der Waals surface area contributed by atoms with E-state index in [1.165, 1.54) is 6.07 Å². The first kappa shape index (κ1) is 17.4. The fourth-order valence-electron chi connectivity index (χ4n) is 3.11. The van der Waals surface area contributed by atoms with E-state index in [0.717, 1.165) is 18.4 Å². The molecule has 1 amide bonds. The Bertz CT molecular complexity index is 759. The topological polar surface area (TPSA) is 43.8 Å². The van der Waals surface area contributed by atoms with Crippen molar-refractivity contribution in [1.29, 1.82) is 0 Å². The van der Waals surface area contributed by atoms with Crippen molar-refractivity contribution < 1.29 is 14.3 Å². The first-order chi connectivity index (χ1) is 12.0. The third kappa shape index (κ3) is 3.99. The minimum Gasteiger partial charge on any atom is -0.508 e. The number of amides is 1. The number of halogens is 1. The molecular weight excluding hydrogens is 319 g/mol. The molecule has 0 aliphatic heterocycles. The highest BCUT2D eigenvalue weighted by atomic mass is 19.1. The molecule has 1 aliphatic rings. The number of carbonyl (C=O) groups excluding carboxylic acids is 1. The Morgan fingerprint density at radius 1 is 1.20 bits per heavy atom. The first-order valence-corrected chi connectivity index (χ1v) is 8.46. The summed E-state index contributed by atoms with van der Waals surface area (Å²) < 4.78 is 14.3. The minimum atomic E-state index is -0.667. The van der Waals surface area contributed by atoms with Gasteiger partial charge in [-0.1, -0.05) is 30.3 Å². The number of hydrogen-bond acceptors (Lipinski definition) is 3. The van der Waals surface area contributed by atoms with Gasteiger partial charge in [-0.2, -0.15) is 0 Å². The number of carbonyl (C=O) groups is 1. The van der Waals surface area contributed by atoms with Crippen LogP contribution in [0.4, 0.5) is 4.39 Å². The number of benzene rings is 2. The molecule has 1 aliphatic carbocycles. The molecule has 2 aromatic rings. The van der Waals surface area contributed by atoms with E-state index in [1.54, 1.807) is 55.4 Å². The van der Waals surface area contributed by atoms with Gasteiger partial charge in [0.25, 0.3) is 0 Å². The standard InChI is InChI=1S/C20H23FN2O2/c1-22(2)19(17-8-3-4-9-18(17)21)20(25)23(15-10-11-15)13-14-6-5-7-16(24)12-14/h3-9,12,15,19,24H,10-11,13H2,1-2H3/t19-/m1/s1. The van der Waals surface area contributed by atoms with E-state index in [0.29, 0.717) is 12.1 Å². The van der Waals surface area contributed by atoms with Crippen LogP contribution in [0.15, 0.2) is 48.5 Å². The average Bonchev–Trinajstić information content (AvgIpc) is 3.39. The largest absolute Gasteiger partial charge is 0.508 e. The summed E-state index contributed by atoms with van der Waals surface area (Å²) in [5, 5.41) is 9.67. The van der Waals surface area contributed by atoms with Crippen molar-refractivity contribution in [3.05, 3.63) is 65.5 Å². The van der Waals surface area contributed by atoms with Crippen molar-refractivity contribution in [3.63, 3.8) is 0 Å². The fourth-order valence-corrected chi connectivity index (χ4v) is 3.11. The van der Waals surface area contributed by atoms with Crippen LogP contribution in [0.1, 0.15) is 30.0 Å². The lowest BCUT2D eigenvalue weighted by Gasteiger charge is -2.31. The van der Waals surface area contributed by atoms with E-state index in [1.807, 2.05) is 11.0 Å². The van der Waals surface area contributed by atoms with E-state index in [-0.39, 0.29) is 23.5 Å². The molecule has 25 heavy (non-hydrogen) atoms. The molecule has 0 heterocycles. The van der Waals surface area contributed by atoms with Gasteiger partial charge in [-0.3, -0.25) is 9.69 Å². The smallest absolute Gasteiger partial charge is 0.245 e. The third-order valence-corrected chi connectivity index (χ3v) is 4.48. The van der Waals surface area contributed by atoms with Crippen LogP contribution in [-0.4, -0.2) is 41.0 Å². The van der Waals surface area contributed by atoms with Gasteiger partial charge in [0.05, 0.1) is 0 Å². The van der Waals surface area contributed by atoms with E-state index >= 15 is 0 Å². The molecule has 1 fully saturated rings. The van der Waals surface area contributed by atoms with Crippen molar-refractivity contribution in [2.45, 2.75) is 31.5 Å². The monoisotopic (exact) mass is 342 g/mol. The maximum Gasteiger partial charge on any atom is 0.245 e. The molecule has 0 bridgehead atoms. The summed E-state index contributed by atoms with van der Waals surface area (Å²) in [6.45, 7) is 0.413. The molecular formula is C20H23FN2O2. The van der Waals surface area contributed by atoms with Crippen LogP contribution in [-0.2, 0) is 11.3 Å². The molecule has 0 spiro atoms. The zero-order valence-corrected chi connectivity index (χ0v) is 14.5. The first-order valence-electron chi connectivity index (χ1n) is 8.46. The molecule has 4 nitrogen and oxygen atoms in total. The number of phenolic OH excluding ortho intramolecular Hbond substituents is 1. The lowest BCUT2D eigenvalue weighted by Crippen LogP contribution is -2.41. The summed E-state index contributed by atoms with van der Waals surface area (Å²) in [4.78, 5) is 16.8. The third-order valence-electron chi connectivity index (χ3n) is 4.48. The maximum absolute atomic E-state index is 14.3. The average molecular weight is 342 g/mol. The second-order valence-corrected chi connectivity index (χ2v) is 6.75. The Morgan fingerprint density at radius 3 is 2.52 bits per heavy atom. The molecule has 3 rings (SSSR count). The summed E-state index contributed by atoms with van der Waals surface area (Å²) in [5.41, 5.74) is 1.25. The van der Waals surface area contributed by atoms with Crippen LogP contribution in [0.25, 0.3) is 0 Å². The predicted octanol–water partition coefficient (Wildman–Crippen LogP) is 3.33. The number of aromatic hydroxyl groups is 1. The summed E-state index contributed by atoms with van der Waals surface area (Å²) in [6.07, 6.45) is 1.92. The highest BCUT2D eigenvalue weighted by molar-refractivity contribution is 5.84. The zero-order valence-electron chi connectivity index (χ0n) is 14.5. The quantitative estimate of drug-likeness (QED) is 0.876.